The van der Waals surface area contributed by atoms with Crippen LogP contribution >= 0.6 is 24.0 Å². The first kappa shape index (κ1) is 16.8. The van der Waals surface area contributed by atoms with Gasteiger partial charge in [-0.05, 0) is 17.7 Å². The smallest absolute Gasteiger partial charge is 0.191 e. The van der Waals surface area contributed by atoms with Gasteiger partial charge in [-0.25, -0.2) is 0 Å². The number of aliphatic imine (C=N–C) groups is 1. The van der Waals surface area contributed by atoms with E-state index < -0.39 is 0 Å². The standard InChI is InChI=1S/C13H19N3O.HI/c1-4-9-15-13(14-2)16-10-11-5-7-12(17-3)8-6-11;/h4-8H,1,9-10H2,2-3H3,(H2,14,15,16);1H. The summed E-state index contributed by atoms with van der Waals surface area (Å²) in [6.45, 7) is 5.06. The predicted octanol–water partition coefficient (Wildman–Crippen LogP) is 2.16. The molecule has 0 atom stereocenters. The minimum absolute atomic E-state index is 0. The molecule has 0 saturated heterocycles. The summed E-state index contributed by atoms with van der Waals surface area (Å²) in [5.74, 6) is 1.63. The van der Waals surface area contributed by atoms with Gasteiger partial charge in [0.2, 0.25) is 0 Å². The van der Waals surface area contributed by atoms with E-state index in [0.29, 0.717) is 6.54 Å². The summed E-state index contributed by atoms with van der Waals surface area (Å²) in [6.07, 6.45) is 1.79. The summed E-state index contributed by atoms with van der Waals surface area (Å²) in [5.41, 5.74) is 1.17. The average Bonchev–Trinajstić information content (AvgIpc) is 2.39. The van der Waals surface area contributed by atoms with Gasteiger partial charge in [0.1, 0.15) is 5.75 Å². The molecule has 100 valence electrons. The number of halogens is 1. The SMILES string of the molecule is C=CCNC(=NC)NCc1ccc(OC)cc1.I. The molecule has 0 amide bonds. The highest BCUT2D eigenvalue weighted by molar-refractivity contribution is 14.0. The lowest BCUT2D eigenvalue weighted by atomic mass is 10.2. The molecule has 2 N–H and O–H groups in total. The Morgan fingerprint density at radius 2 is 2.00 bits per heavy atom. The van der Waals surface area contributed by atoms with Gasteiger partial charge in [0.25, 0.3) is 0 Å². The van der Waals surface area contributed by atoms with Crippen molar-refractivity contribution in [1.82, 2.24) is 10.6 Å². The van der Waals surface area contributed by atoms with Gasteiger partial charge in [0, 0.05) is 20.1 Å². The van der Waals surface area contributed by atoms with E-state index in [2.05, 4.69) is 22.2 Å². The fourth-order valence-corrected chi connectivity index (χ4v) is 1.32. The van der Waals surface area contributed by atoms with Crippen LogP contribution in [0.25, 0.3) is 0 Å². The topological polar surface area (TPSA) is 45.7 Å². The first-order valence-electron chi connectivity index (χ1n) is 5.48. The number of rotatable bonds is 5. The molecule has 0 saturated carbocycles. The molecular weight excluding hydrogens is 341 g/mol. The number of nitrogens with zero attached hydrogens (tertiary/aromatic N) is 1. The summed E-state index contributed by atoms with van der Waals surface area (Å²) >= 11 is 0. The summed E-state index contributed by atoms with van der Waals surface area (Å²) in [5, 5.41) is 6.32. The van der Waals surface area contributed by atoms with Crippen molar-refractivity contribution in [3.05, 3.63) is 42.5 Å². The highest BCUT2D eigenvalue weighted by atomic mass is 127. The van der Waals surface area contributed by atoms with Crippen LogP contribution in [0, 0.1) is 0 Å². The van der Waals surface area contributed by atoms with Crippen molar-refractivity contribution in [2.45, 2.75) is 6.54 Å². The van der Waals surface area contributed by atoms with Crippen molar-refractivity contribution < 1.29 is 4.74 Å². The fraction of sp³-hybridized carbons (Fsp3) is 0.308. The van der Waals surface area contributed by atoms with Gasteiger partial charge in [0.15, 0.2) is 5.96 Å². The van der Waals surface area contributed by atoms with Gasteiger partial charge in [-0.1, -0.05) is 18.2 Å². The van der Waals surface area contributed by atoms with Crippen LogP contribution in [0.1, 0.15) is 5.56 Å². The summed E-state index contributed by atoms with van der Waals surface area (Å²) < 4.78 is 5.10. The van der Waals surface area contributed by atoms with E-state index in [1.165, 1.54) is 5.56 Å². The van der Waals surface area contributed by atoms with Crippen LogP contribution in [-0.2, 0) is 6.54 Å². The van der Waals surface area contributed by atoms with Gasteiger partial charge in [-0.15, -0.1) is 30.6 Å². The minimum Gasteiger partial charge on any atom is -0.497 e. The maximum Gasteiger partial charge on any atom is 0.191 e. The predicted molar refractivity (Wildman–Crippen MR) is 86.8 cm³/mol. The average molecular weight is 361 g/mol. The lowest BCUT2D eigenvalue weighted by molar-refractivity contribution is 0.414. The van der Waals surface area contributed by atoms with Crippen LogP contribution in [0.15, 0.2) is 41.9 Å². The quantitative estimate of drug-likeness (QED) is 0.366. The normalized spacial score (nSPS) is 10.2. The van der Waals surface area contributed by atoms with Gasteiger partial charge < -0.3 is 15.4 Å². The van der Waals surface area contributed by atoms with Gasteiger partial charge in [0.05, 0.1) is 7.11 Å². The molecule has 0 aliphatic carbocycles. The van der Waals surface area contributed by atoms with Crippen molar-refractivity contribution in [3.63, 3.8) is 0 Å². The van der Waals surface area contributed by atoms with E-state index in [1.807, 2.05) is 24.3 Å². The van der Waals surface area contributed by atoms with E-state index in [9.17, 15) is 0 Å². The molecular formula is C13H20IN3O. The number of ether oxygens (including phenoxy) is 1. The maximum absolute atomic E-state index is 5.10. The Hall–Kier alpha value is -1.24. The third-order valence-corrected chi connectivity index (χ3v) is 2.26. The van der Waals surface area contributed by atoms with Crippen LogP contribution in [-0.4, -0.2) is 26.7 Å². The zero-order chi connectivity index (χ0) is 12.5. The van der Waals surface area contributed by atoms with Crippen molar-refractivity contribution >= 4 is 29.9 Å². The Morgan fingerprint density at radius 1 is 1.33 bits per heavy atom. The number of nitrogens with one attached hydrogen (secondary N) is 2. The zero-order valence-corrected chi connectivity index (χ0v) is 13.1. The summed E-state index contributed by atoms with van der Waals surface area (Å²) in [4.78, 5) is 4.10. The van der Waals surface area contributed by atoms with Crippen LogP contribution < -0.4 is 15.4 Å². The van der Waals surface area contributed by atoms with Crippen molar-refractivity contribution in [2.24, 2.45) is 4.99 Å². The fourth-order valence-electron chi connectivity index (χ4n) is 1.32. The second kappa shape index (κ2) is 9.76. The molecule has 0 radical (unpaired) electrons. The second-order valence-corrected chi connectivity index (χ2v) is 3.44. The lowest BCUT2D eigenvalue weighted by Gasteiger charge is -2.10. The van der Waals surface area contributed by atoms with E-state index in [4.69, 9.17) is 4.74 Å². The van der Waals surface area contributed by atoms with Crippen molar-refractivity contribution in [2.75, 3.05) is 20.7 Å². The molecule has 1 rings (SSSR count). The first-order valence-corrected chi connectivity index (χ1v) is 5.48. The molecule has 0 unspecified atom stereocenters. The van der Waals surface area contributed by atoms with E-state index in [-0.39, 0.29) is 24.0 Å². The van der Waals surface area contributed by atoms with Gasteiger partial charge >= 0.3 is 0 Å². The van der Waals surface area contributed by atoms with Crippen LogP contribution in [0.3, 0.4) is 0 Å². The molecule has 0 heterocycles. The number of guanidine groups is 1. The largest absolute Gasteiger partial charge is 0.497 e. The van der Waals surface area contributed by atoms with Gasteiger partial charge in [-0.3, -0.25) is 4.99 Å². The Balaban J connectivity index is 0.00000289. The molecule has 4 nitrogen and oxygen atoms in total. The first-order chi connectivity index (χ1) is 8.30. The Morgan fingerprint density at radius 3 is 2.50 bits per heavy atom. The number of hydrogen-bond donors (Lipinski definition) is 2. The lowest BCUT2D eigenvalue weighted by Crippen LogP contribution is -2.36. The van der Waals surface area contributed by atoms with Crippen molar-refractivity contribution in [1.29, 1.82) is 0 Å². The third kappa shape index (κ3) is 5.90. The number of hydrogen-bond acceptors (Lipinski definition) is 2. The number of benzene rings is 1. The molecule has 18 heavy (non-hydrogen) atoms. The molecule has 0 spiro atoms. The number of methoxy groups -OCH3 is 1. The molecule has 0 aromatic heterocycles. The van der Waals surface area contributed by atoms with Crippen LogP contribution in [0.5, 0.6) is 5.75 Å². The van der Waals surface area contributed by atoms with Gasteiger partial charge in [-0.2, -0.15) is 0 Å². The van der Waals surface area contributed by atoms with E-state index in [0.717, 1.165) is 18.3 Å². The maximum atomic E-state index is 5.10. The van der Waals surface area contributed by atoms with E-state index in [1.54, 1.807) is 20.2 Å². The Bertz CT molecular complexity index is 376. The van der Waals surface area contributed by atoms with Crippen LogP contribution in [0.4, 0.5) is 0 Å². The molecule has 0 fully saturated rings. The highest BCUT2D eigenvalue weighted by Gasteiger charge is 1.97. The second-order valence-electron chi connectivity index (χ2n) is 3.44. The molecule has 0 aliphatic rings. The highest BCUT2D eigenvalue weighted by Crippen LogP contribution is 2.10. The van der Waals surface area contributed by atoms with Crippen molar-refractivity contribution in [3.8, 4) is 5.75 Å². The monoisotopic (exact) mass is 361 g/mol. The Labute approximate surface area is 126 Å². The summed E-state index contributed by atoms with van der Waals surface area (Å²) in [6, 6.07) is 7.92. The minimum atomic E-state index is 0. The molecule has 1 aromatic carbocycles. The van der Waals surface area contributed by atoms with E-state index >= 15 is 0 Å². The summed E-state index contributed by atoms with van der Waals surface area (Å²) in [7, 11) is 3.40. The molecule has 5 heteroatoms. The zero-order valence-electron chi connectivity index (χ0n) is 10.8. The Kier molecular flexibility index (Phi) is 9.08. The third-order valence-electron chi connectivity index (χ3n) is 2.26. The molecule has 0 bridgehead atoms. The van der Waals surface area contributed by atoms with Crippen LogP contribution in [0.2, 0.25) is 0 Å². The molecule has 0 aliphatic heterocycles. The molecule has 1 aromatic rings.